The molecule has 3 aromatic rings. The molecular weight excluding hydrogens is 378 g/mol. The van der Waals surface area contributed by atoms with Gasteiger partial charge < -0.3 is 9.64 Å². The number of ether oxygens (including phenoxy) is 1. The van der Waals surface area contributed by atoms with E-state index < -0.39 is 0 Å². The molecule has 0 spiro atoms. The lowest BCUT2D eigenvalue weighted by atomic mass is 9.90. The Morgan fingerprint density at radius 3 is 1.93 bits per heavy atom. The van der Waals surface area contributed by atoms with E-state index in [1.807, 2.05) is 32.3 Å². The van der Waals surface area contributed by atoms with Crippen LogP contribution >= 0.6 is 11.6 Å². The zero-order valence-corrected chi connectivity index (χ0v) is 18.1. The van der Waals surface area contributed by atoms with Crippen LogP contribution in [0.1, 0.15) is 22.3 Å². The summed E-state index contributed by atoms with van der Waals surface area (Å²) in [6.07, 6.45) is 0. The minimum absolute atomic E-state index is 0.439. The van der Waals surface area contributed by atoms with Gasteiger partial charge in [-0.25, -0.2) is 0 Å². The number of rotatable bonds is 8. The molecule has 0 aliphatic carbocycles. The van der Waals surface area contributed by atoms with Crippen molar-refractivity contribution in [3.8, 4) is 5.75 Å². The molecule has 3 rings (SSSR count). The van der Waals surface area contributed by atoms with Gasteiger partial charge >= 0.3 is 0 Å². The Morgan fingerprint density at radius 2 is 1.38 bits per heavy atom. The Hall–Kier alpha value is -2.55. The van der Waals surface area contributed by atoms with Crippen LogP contribution in [-0.4, -0.2) is 38.0 Å². The van der Waals surface area contributed by atoms with Crippen molar-refractivity contribution >= 4 is 22.7 Å². The molecule has 29 heavy (non-hydrogen) atoms. The van der Waals surface area contributed by atoms with Crippen molar-refractivity contribution in [1.82, 2.24) is 4.90 Å². The van der Waals surface area contributed by atoms with Crippen LogP contribution in [0, 0.1) is 6.92 Å². The molecule has 0 saturated heterocycles. The van der Waals surface area contributed by atoms with E-state index >= 15 is 0 Å². The third-order valence-corrected chi connectivity index (χ3v) is 5.12. The highest BCUT2D eigenvalue weighted by atomic mass is 35.5. The van der Waals surface area contributed by atoms with Crippen molar-refractivity contribution in [2.24, 2.45) is 0 Å². The lowest BCUT2D eigenvalue weighted by Gasteiger charge is -2.17. The summed E-state index contributed by atoms with van der Waals surface area (Å²) >= 11 is 6.47. The predicted molar refractivity (Wildman–Crippen MR) is 125 cm³/mol. The van der Waals surface area contributed by atoms with Gasteiger partial charge in [-0.1, -0.05) is 72.3 Å². The molecule has 0 fully saturated rings. The number of aryl methyl sites for hydroxylation is 1. The van der Waals surface area contributed by atoms with Crippen LogP contribution in [0.5, 0.6) is 5.75 Å². The van der Waals surface area contributed by atoms with Gasteiger partial charge in [-0.2, -0.15) is 0 Å². The normalized spacial score (nSPS) is 12.0. The molecule has 3 aromatic carbocycles. The molecule has 0 atom stereocenters. The number of nitrogens with zero attached hydrogens (tertiary/aromatic N) is 1. The first-order chi connectivity index (χ1) is 14.1. The summed E-state index contributed by atoms with van der Waals surface area (Å²) in [5, 5.41) is 0. The number of hydrogen-bond donors (Lipinski definition) is 0. The van der Waals surface area contributed by atoms with E-state index in [0.717, 1.165) is 40.1 Å². The minimum atomic E-state index is 0.439. The molecular formula is C26H28ClNO. The average molecular weight is 406 g/mol. The van der Waals surface area contributed by atoms with Crippen molar-refractivity contribution in [2.75, 3.05) is 33.1 Å². The highest BCUT2D eigenvalue weighted by Crippen LogP contribution is 2.34. The molecule has 0 bridgehead atoms. The number of allylic oxidation sites excluding steroid dienone is 1. The third kappa shape index (κ3) is 5.72. The molecule has 0 heterocycles. The van der Waals surface area contributed by atoms with E-state index in [0.29, 0.717) is 12.5 Å². The maximum absolute atomic E-state index is 6.47. The van der Waals surface area contributed by atoms with E-state index in [2.05, 4.69) is 72.5 Å². The van der Waals surface area contributed by atoms with Gasteiger partial charge in [0.05, 0.1) is 0 Å². The molecule has 0 aliphatic heterocycles. The number of halogens is 1. The zero-order valence-electron chi connectivity index (χ0n) is 17.4. The summed E-state index contributed by atoms with van der Waals surface area (Å²) in [5.74, 6) is 1.32. The summed E-state index contributed by atoms with van der Waals surface area (Å²) < 4.78 is 5.86. The molecule has 0 radical (unpaired) electrons. The summed E-state index contributed by atoms with van der Waals surface area (Å²) in [6, 6.07) is 27.3. The fraction of sp³-hybridized carbons (Fsp3) is 0.231. The molecule has 0 N–H and O–H groups in total. The Balaban J connectivity index is 2.02. The van der Waals surface area contributed by atoms with Crippen molar-refractivity contribution in [1.29, 1.82) is 0 Å². The number of likely N-dealkylation sites (N-methyl/N-ethyl adjacent to an activating group) is 1. The standard InChI is InChI=1S/C26H28ClNO/c1-20-9-11-22(12-10-20)26(25(19-27)21-7-5-4-6-8-21)23-13-15-24(16-14-23)29-18-17-28(2)3/h4-16H,17-19H2,1-3H3/b26-25-. The fourth-order valence-corrected chi connectivity index (χ4v) is 3.51. The van der Waals surface area contributed by atoms with Crippen molar-refractivity contribution in [3.05, 3.63) is 101 Å². The molecule has 0 aromatic heterocycles. The van der Waals surface area contributed by atoms with Crippen LogP contribution in [0.2, 0.25) is 0 Å². The van der Waals surface area contributed by atoms with Crippen LogP contribution in [0.3, 0.4) is 0 Å². The van der Waals surface area contributed by atoms with Gasteiger partial charge in [-0.3, -0.25) is 0 Å². The molecule has 150 valence electrons. The Morgan fingerprint density at radius 1 is 0.793 bits per heavy atom. The minimum Gasteiger partial charge on any atom is -0.492 e. The Labute approximate surface area is 179 Å². The van der Waals surface area contributed by atoms with Crippen molar-refractivity contribution in [2.45, 2.75) is 6.92 Å². The molecule has 0 unspecified atom stereocenters. The van der Waals surface area contributed by atoms with Crippen LogP contribution in [0.4, 0.5) is 0 Å². The maximum Gasteiger partial charge on any atom is 0.119 e. The summed E-state index contributed by atoms with van der Waals surface area (Å²) in [7, 11) is 4.09. The smallest absolute Gasteiger partial charge is 0.119 e. The molecule has 0 amide bonds. The van der Waals surface area contributed by atoms with E-state index in [4.69, 9.17) is 16.3 Å². The van der Waals surface area contributed by atoms with E-state index in [1.165, 1.54) is 5.56 Å². The van der Waals surface area contributed by atoms with Gasteiger partial charge in [-0.05, 0) is 61.0 Å². The lowest BCUT2D eigenvalue weighted by Crippen LogP contribution is -2.19. The highest BCUT2D eigenvalue weighted by molar-refractivity contribution is 6.25. The quantitative estimate of drug-likeness (QED) is 0.330. The van der Waals surface area contributed by atoms with E-state index in [1.54, 1.807) is 0 Å². The van der Waals surface area contributed by atoms with Crippen LogP contribution < -0.4 is 4.74 Å². The Kier molecular flexibility index (Phi) is 7.51. The summed E-state index contributed by atoms with van der Waals surface area (Å²) in [4.78, 5) is 2.11. The second-order valence-corrected chi connectivity index (χ2v) is 7.66. The SMILES string of the molecule is Cc1ccc(/C(=C(\CCl)c2ccccc2)c2ccc(OCCN(C)C)cc2)cc1. The van der Waals surface area contributed by atoms with E-state index in [9.17, 15) is 0 Å². The lowest BCUT2D eigenvalue weighted by molar-refractivity contribution is 0.261. The second-order valence-electron chi connectivity index (χ2n) is 7.40. The van der Waals surface area contributed by atoms with E-state index in [-0.39, 0.29) is 0 Å². The van der Waals surface area contributed by atoms with Crippen molar-refractivity contribution < 1.29 is 4.74 Å². The zero-order chi connectivity index (χ0) is 20.6. The summed E-state index contributed by atoms with van der Waals surface area (Å²) in [5.41, 5.74) is 6.96. The average Bonchev–Trinajstić information content (AvgIpc) is 2.74. The largest absolute Gasteiger partial charge is 0.492 e. The topological polar surface area (TPSA) is 12.5 Å². The van der Waals surface area contributed by atoms with Gasteiger partial charge in [0.1, 0.15) is 12.4 Å². The van der Waals surface area contributed by atoms with Crippen LogP contribution in [0.25, 0.3) is 11.1 Å². The predicted octanol–water partition coefficient (Wildman–Crippen LogP) is 6.13. The monoisotopic (exact) mass is 405 g/mol. The second kappa shape index (κ2) is 10.3. The van der Waals surface area contributed by atoms with Gasteiger partial charge in [0.2, 0.25) is 0 Å². The summed E-state index contributed by atoms with van der Waals surface area (Å²) in [6.45, 7) is 3.66. The number of alkyl halides is 1. The molecule has 0 aliphatic rings. The van der Waals surface area contributed by atoms with Gasteiger partial charge in [0, 0.05) is 12.4 Å². The number of hydrogen-bond acceptors (Lipinski definition) is 2. The highest BCUT2D eigenvalue weighted by Gasteiger charge is 2.13. The Bertz CT molecular complexity index is 929. The van der Waals surface area contributed by atoms with Crippen LogP contribution in [0.15, 0.2) is 78.9 Å². The first-order valence-electron chi connectivity index (χ1n) is 9.88. The first kappa shape index (κ1) is 21.2. The fourth-order valence-electron chi connectivity index (χ4n) is 3.23. The number of benzene rings is 3. The van der Waals surface area contributed by atoms with Gasteiger partial charge in [0.25, 0.3) is 0 Å². The third-order valence-electron chi connectivity index (χ3n) is 4.85. The molecule has 2 nitrogen and oxygen atoms in total. The maximum atomic E-state index is 6.47. The van der Waals surface area contributed by atoms with Crippen molar-refractivity contribution in [3.63, 3.8) is 0 Å². The molecule has 0 saturated carbocycles. The molecule has 3 heteroatoms. The van der Waals surface area contributed by atoms with Gasteiger partial charge in [0.15, 0.2) is 0 Å². The first-order valence-corrected chi connectivity index (χ1v) is 10.4. The van der Waals surface area contributed by atoms with Gasteiger partial charge in [-0.15, -0.1) is 11.6 Å². The van der Waals surface area contributed by atoms with Crippen LogP contribution in [-0.2, 0) is 0 Å².